The molecule has 0 aromatic rings. The van der Waals surface area contributed by atoms with Crippen LogP contribution in [0.25, 0.3) is 0 Å². The van der Waals surface area contributed by atoms with Gasteiger partial charge in [-0.3, -0.25) is 4.79 Å². The second-order valence-electron chi connectivity index (χ2n) is 28.5. The van der Waals surface area contributed by atoms with Gasteiger partial charge in [0, 0.05) is 6.42 Å². The van der Waals surface area contributed by atoms with Crippen LogP contribution in [0.2, 0.25) is 0 Å². The monoisotopic (exact) mass is 1440 g/mol. The lowest BCUT2D eigenvalue weighted by atomic mass is 9.97. The average Bonchev–Trinajstić information content (AvgIpc) is 0.791. The molecule has 2 fully saturated rings. The quantitative estimate of drug-likeness (QED) is 0.0204. The van der Waals surface area contributed by atoms with Crippen molar-refractivity contribution in [3.05, 3.63) is 146 Å². The molecule has 14 heteroatoms. The molecule has 1 amide bonds. The third kappa shape index (κ3) is 53.3. The molecule has 2 aliphatic heterocycles. The molecule has 590 valence electrons. The molecule has 0 saturated carbocycles. The first-order valence-corrected chi connectivity index (χ1v) is 41.6. The number of nitrogens with one attached hydrogen (secondary N) is 1. The first-order valence-electron chi connectivity index (χ1n) is 41.6. The highest BCUT2D eigenvalue weighted by molar-refractivity contribution is 5.76. The number of allylic oxidation sites excluding steroid dienone is 24. The van der Waals surface area contributed by atoms with Gasteiger partial charge in [-0.1, -0.05) is 352 Å². The first-order chi connectivity index (χ1) is 50.6. The van der Waals surface area contributed by atoms with E-state index in [0.717, 1.165) is 128 Å². The van der Waals surface area contributed by atoms with E-state index in [1.165, 1.54) is 154 Å². The van der Waals surface area contributed by atoms with Crippen molar-refractivity contribution >= 4 is 5.91 Å². The molecule has 12 unspecified atom stereocenters. The lowest BCUT2D eigenvalue weighted by Crippen LogP contribution is -2.65. The maximum absolute atomic E-state index is 13.4. The smallest absolute Gasteiger partial charge is 0.220 e. The SMILES string of the molecule is CC/C=C\C/C=C\C/C=C\C/C=C\C/C=C\C/C=C\C/C=C\C/C=C\C/C=C\C/C=C\C/C=C\C/C=C\CCCCCCC(=O)NC(COC1OC(CO)C(OC2OC(CO)C(O)C(O)C2O)C(O)C1O)C(O)CCCCCCCCCCCCCCCCCCCCCCCCCCCCCC. The average molecular weight is 1440 g/mol. The van der Waals surface area contributed by atoms with Gasteiger partial charge in [0.25, 0.3) is 0 Å². The third-order valence-electron chi connectivity index (χ3n) is 19.3. The van der Waals surface area contributed by atoms with Gasteiger partial charge < -0.3 is 65.1 Å². The Morgan fingerprint density at radius 1 is 0.359 bits per heavy atom. The van der Waals surface area contributed by atoms with Gasteiger partial charge in [0.2, 0.25) is 5.91 Å². The number of carbonyl (C=O) groups excluding carboxylic acids is 1. The van der Waals surface area contributed by atoms with Crippen molar-refractivity contribution < 1.29 is 64.6 Å². The second-order valence-corrected chi connectivity index (χ2v) is 28.5. The minimum absolute atomic E-state index is 0.233. The van der Waals surface area contributed by atoms with Crippen LogP contribution in [0.1, 0.15) is 316 Å². The number of hydrogen-bond acceptors (Lipinski definition) is 13. The van der Waals surface area contributed by atoms with E-state index in [1.54, 1.807) is 0 Å². The van der Waals surface area contributed by atoms with Gasteiger partial charge in [0.15, 0.2) is 12.6 Å². The Morgan fingerprint density at radius 2 is 0.670 bits per heavy atom. The van der Waals surface area contributed by atoms with Crippen LogP contribution in [0.4, 0.5) is 0 Å². The van der Waals surface area contributed by atoms with Crippen LogP contribution in [-0.4, -0.2) is 140 Å². The molecule has 0 spiro atoms. The van der Waals surface area contributed by atoms with Crippen LogP contribution in [0.3, 0.4) is 0 Å². The van der Waals surface area contributed by atoms with Crippen molar-refractivity contribution in [1.82, 2.24) is 5.32 Å². The summed E-state index contributed by atoms with van der Waals surface area (Å²) < 4.78 is 23.0. The number of hydrogen-bond donors (Lipinski definition) is 9. The van der Waals surface area contributed by atoms with Crippen LogP contribution in [-0.2, 0) is 23.7 Å². The molecule has 2 heterocycles. The molecule has 9 N–H and O–H groups in total. The van der Waals surface area contributed by atoms with Crippen LogP contribution >= 0.6 is 0 Å². The highest BCUT2D eigenvalue weighted by atomic mass is 16.7. The molecule has 12 atom stereocenters. The molecule has 2 saturated heterocycles. The van der Waals surface area contributed by atoms with Crippen molar-refractivity contribution in [2.45, 2.75) is 389 Å². The van der Waals surface area contributed by atoms with Crippen molar-refractivity contribution in [2.75, 3.05) is 19.8 Å². The van der Waals surface area contributed by atoms with Gasteiger partial charge in [0.1, 0.15) is 48.8 Å². The summed E-state index contributed by atoms with van der Waals surface area (Å²) in [5.74, 6) is -0.233. The van der Waals surface area contributed by atoms with Crippen molar-refractivity contribution in [1.29, 1.82) is 0 Å². The summed E-state index contributed by atoms with van der Waals surface area (Å²) in [6.45, 7) is 2.76. The van der Waals surface area contributed by atoms with E-state index in [9.17, 15) is 45.6 Å². The fraction of sp³-hybridized carbons (Fsp3) is 0.719. The summed E-state index contributed by atoms with van der Waals surface area (Å²) >= 11 is 0. The minimum atomic E-state index is -1.79. The predicted molar refractivity (Wildman–Crippen MR) is 428 cm³/mol. The Bertz CT molecular complexity index is 2300. The number of carbonyl (C=O) groups is 1. The van der Waals surface area contributed by atoms with Crippen LogP contribution in [0, 0.1) is 0 Å². The molecule has 0 bridgehead atoms. The minimum Gasteiger partial charge on any atom is -0.394 e. The Kier molecular flexibility index (Phi) is 65.3. The molecule has 2 aliphatic rings. The number of amides is 1. The van der Waals surface area contributed by atoms with Gasteiger partial charge in [-0.15, -0.1) is 0 Å². The molecule has 0 aromatic heterocycles. The highest BCUT2D eigenvalue weighted by Crippen LogP contribution is 2.30. The summed E-state index contributed by atoms with van der Waals surface area (Å²) in [5.41, 5.74) is 0. The van der Waals surface area contributed by atoms with E-state index in [0.29, 0.717) is 12.8 Å². The van der Waals surface area contributed by atoms with E-state index in [4.69, 9.17) is 18.9 Å². The second kappa shape index (κ2) is 70.8. The Morgan fingerprint density at radius 3 is 1.03 bits per heavy atom. The fourth-order valence-corrected chi connectivity index (χ4v) is 12.8. The van der Waals surface area contributed by atoms with Gasteiger partial charge >= 0.3 is 0 Å². The van der Waals surface area contributed by atoms with Gasteiger partial charge in [-0.2, -0.15) is 0 Å². The van der Waals surface area contributed by atoms with E-state index in [1.807, 2.05) is 0 Å². The lowest BCUT2D eigenvalue weighted by Gasteiger charge is -2.46. The summed E-state index contributed by atoms with van der Waals surface area (Å²) in [4.78, 5) is 13.4. The Hall–Kier alpha value is -4.13. The zero-order valence-corrected chi connectivity index (χ0v) is 64.8. The third-order valence-corrected chi connectivity index (χ3v) is 19.3. The molecular formula is C89H151NO13. The molecule has 0 aromatic carbocycles. The fourth-order valence-electron chi connectivity index (χ4n) is 12.8. The van der Waals surface area contributed by atoms with Crippen molar-refractivity contribution in [3.8, 4) is 0 Å². The van der Waals surface area contributed by atoms with Crippen LogP contribution < -0.4 is 5.32 Å². The summed E-state index contributed by atoms with van der Waals surface area (Å²) in [7, 11) is 0. The summed E-state index contributed by atoms with van der Waals surface area (Å²) in [6, 6.07) is -0.856. The number of aliphatic hydroxyl groups is 8. The lowest BCUT2D eigenvalue weighted by molar-refractivity contribution is -0.359. The highest BCUT2D eigenvalue weighted by Gasteiger charge is 2.51. The van der Waals surface area contributed by atoms with E-state index in [-0.39, 0.29) is 18.9 Å². The number of rotatable bonds is 68. The Balaban J connectivity index is 1.63. The molecule has 0 radical (unpaired) electrons. The van der Waals surface area contributed by atoms with E-state index in [2.05, 4.69) is 165 Å². The van der Waals surface area contributed by atoms with Gasteiger partial charge in [-0.25, -0.2) is 0 Å². The normalized spacial score (nSPS) is 22.3. The van der Waals surface area contributed by atoms with Gasteiger partial charge in [-0.05, 0) is 103 Å². The molecule has 14 nitrogen and oxygen atoms in total. The van der Waals surface area contributed by atoms with Crippen molar-refractivity contribution in [2.24, 2.45) is 0 Å². The Labute approximate surface area is 627 Å². The predicted octanol–water partition coefficient (Wildman–Crippen LogP) is 19.5. The van der Waals surface area contributed by atoms with Crippen LogP contribution in [0.15, 0.2) is 146 Å². The first kappa shape index (κ1) is 94.9. The standard InChI is InChI=1S/C89H151NO13/c1-3-5-7-9-11-13-15-17-19-21-23-25-27-29-31-33-34-35-36-37-38-39-40-41-42-43-44-45-47-49-51-53-55-57-59-61-63-65-67-69-71-73-81(94)90-77(76-100-88-86(99)84(97)87(80(75-92)102-88)103-89-85(98)83(96)82(95)79(74-91)101-89)78(93)72-70-68-66-64-62-60-58-56-54-52-50-48-46-32-30-28-26-24-22-20-18-16-14-12-10-8-6-4-2/h5,7,11,13,17,19,23,25,29,31,34-35,37-38,40-41,43-44,47,49,53,55,59,61,77-80,82-89,91-93,95-99H,3-4,6,8-10,12,14-16,18,20-22,24,26-28,30,32-33,36,39,42,45-46,48,50-52,54,56-58,60,62-76H2,1-2H3,(H,90,94)/b7-5-,13-11-,19-17-,25-23-,31-29-,35-34-,38-37-,41-40-,44-43-,49-47-,55-53-,61-59-. The van der Waals surface area contributed by atoms with Crippen LogP contribution in [0.5, 0.6) is 0 Å². The zero-order chi connectivity index (χ0) is 74.4. The topological polar surface area (TPSA) is 228 Å². The maximum atomic E-state index is 13.4. The molecule has 103 heavy (non-hydrogen) atoms. The number of aliphatic hydroxyl groups excluding tert-OH is 8. The van der Waals surface area contributed by atoms with Gasteiger partial charge in [0.05, 0.1) is 32.0 Å². The summed E-state index contributed by atoms with van der Waals surface area (Å²) in [6.07, 6.45) is 90.2. The molecular weight excluding hydrogens is 1290 g/mol. The number of ether oxygens (including phenoxy) is 4. The largest absolute Gasteiger partial charge is 0.394 e. The van der Waals surface area contributed by atoms with E-state index >= 15 is 0 Å². The number of unbranched alkanes of at least 4 members (excludes halogenated alkanes) is 31. The summed E-state index contributed by atoms with van der Waals surface area (Å²) in [5, 5.41) is 87.9. The molecule has 0 aliphatic carbocycles. The zero-order valence-electron chi connectivity index (χ0n) is 64.8. The van der Waals surface area contributed by atoms with E-state index < -0.39 is 86.8 Å². The van der Waals surface area contributed by atoms with Crippen molar-refractivity contribution in [3.63, 3.8) is 0 Å². The maximum Gasteiger partial charge on any atom is 0.220 e. The molecule has 2 rings (SSSR count).